The van der Waals surface area contributed by atoms with Crippen LogP contribution in [0.1, 0.15) is 18.2 Å². The number of hydrogen-bond acceptors (Lipinski definition) is 5. The zero-order valence-corrected chi connectivity index (χ0v) is 9.29. The molecule has 1 saturated heterocycles. The standard InChI is InChI=1S/C10H14N2O5/c1-5-3-12(10(16)11-9(5)15)8-2-6(13)7(14)4-17-8/h3,6-8,13-14H,2,4H2,1H3,(H,11,15,16)/t6-,7-,8?/m1/s1. The first kappa shape index (κ1) is 12.0. The minimum absolute atomic E-state index is 0.0452. The molecule has 0 spiro atoms. The number of nitrogens with zero attached hydrogens (tertiary/aromatic N) is 1. The summed E-state index contributed by atoms with van der Waals surface area (Å²) in [4.78, 5) is 24.9. The highest BCUT2D eigenvalue weighted by Crippen LogP contribution is 2.21. The monoisotopic (exact) mass is 242 g/mol. The molecule has 1 unspecified atom stereocenters. The van der Waals surface area contributed by atoms with Gasteiger partial charge in [0.2, 0.25) is 0 Å². The van der Waals surface area contributed by atoms with E-state index in [0.29, 0.717) is 5.56 Å². The van der Waals surface area contributed by atoms with Crippen LogP contribution in [0, 0.1) is 6.92 Å². The van der Waals surface area contributed by atoms with Crippen molar-refractivity contribution >= 4 is 0 Å². The Morgan fingerprint density at radius 2 is 2.12 bits per heavy atom. The van der Waals surface area contributed by atoms with E-state index in [2.05, 4.69) is 4.98 Å². The third-order valence-electron chi connectivity index (χ3n) is 2.80. The maximum absolute atomic E-state index is 11.6. The first-order chi connectivity index (χ1) is 7.99. The summed E-state index contributed by atoms with van der Waals surface area (Å²) in [6.07, 6.45) is -1.06. The number of rotatable bonds is 1. The third kappa shape index (κ3) is 2.31. The number of aliphatic hydroxyl groups is 2. The molecule has 1 aromatic heterocycles. The fraction of sp³-hybridized carbons (Fsp3) is 0.600. The van der Waals surface area contributed by atoms with E-state index in [1.54, 1.807) is 6.92 Å². The topological polar surface area (TPSA) is 105 Å². The SMILES string of the molecule is Cc1cn(C2C[C@@H](O)[C@H](O)CO2)c(=O)[nH]c1=O. The van der Waals surface area contributed by atoms with Crippen LogP contribution in [-0.2, 0) is 4.74 Å². The van der Waals surface area contributed by atoms with Crippen molar-refractivity contribution in [2.24, 2.45) is 0 Å². The van der Waals surface area contributed by atoms with E-state index in [4.69, 9.17) is 4.74 Å². The zero-order chi connectivity index (χ0) is 12.6. The molecule has 1 aliphatic heterocycles. The largest absolute Gasteiger partial charge is 0.390 e. The van der Waals surface area contributed by atoms with Gasteiger partial charge in [0.1, 0.15) is 12.3 Å². The van der Waals surface area contributed by atoms with Gasteiger partial charge in [-0.15, -0.1) is 0 Å². The second kappa shape index (κ2) is 4.44. The number of nitrogens with one attached hydrogen (secondary N) is 1. The van der Waals surface area contributed by atoms with E-state index in [9.17, 15) is 19.8 Å². The van der Waals surface area contributed by atoms with Crippen molar-refractivity contribution in [2.75, 3.05) is 6.61 Å². The molecule has 0 aliphatic carbocycles. The Morgan fingerprint density at radius 1 is 1.41 bits per heavy atom. The minimum Gasteiger partial charge on any atom is -0.390 e. The smallest absolute Gasteiger partial charge is 0.330 e. The van der Waals surface area contributed by atoms with E-state index in [0.717, 1.165) is 0 Å². The summed E-state index contributed by atoms with van der Waals surface area (Å²) in [5.74, 6) is 0. The number of aryl methyl sites for hydroxylation is 1. The molecule has 7 nitrogen and oxygen atoms in total. The Bertz CT molecular complexity index is 520. The van der Waals surface area contributed by atoms with Crippen LogP contribution in [0.4, 0.5) is 0 Å². The van der Waals surface area contributed by atoms with E-state index >= 15 is 0 Å². The van der Waals surface area contributed by atoms with Crippen LogP contribution < -0.4 is 11.2 Å². The van der Waals surface area contributed by atoms with Crippen LogP contribution in [0.15, 0.2) is 15.8 Å². The van der Waals surface area contributed by atoms with Crippen molar-refractivity contribution in [3.05, 3.63) is 32.6 Å². The molecule has 1 fully saturated rings. The molecule has 0 aromatic carbocycles. The molecule has 0 bridgehead atoms. The van der Waals surface area contributed by atoms with Gasteiger partial charge in [0.25, 0.3) is 5.56 Å². The van der Waals surface area contributed by atoms with Crippen molar-refractivity contribution in [2.45, 2.75) is 31.8 Å². The maximum atomic E-state index is 11.6. The number of aliphatic hydroxyl groups excluding tert-OH is 2. The first-order valence-corrected chi connectivity index (χ1v) is 5.29. The molecule has 0 amide bonds. The van der Waals surface area contributed by atoms with E-state index in [1.807, 2.05) is 0 Å². The lowest BCUT2D eigenvalue weighted by Crippen LogP contribution is -2.43. The summed E-state index contributed by atoms with van der Waals surface area (Å²) in [5.41, 5.74) is -0.648. The van der Waals surface area contributed by atoms with E-state index in [-0.39, 0.29) is 13.0 Å². The summed E-state index contributed by atoms with van der Waals surface area (Å²) in [7, 11) is 0. The fourth-order valence-electron chi connectivity index (χ4n) is 1.75. The highest BCUT2D eigenvalue weighted by Gasteiger charge is 2.29. The number of hydrogen-bond donors (Lipinski definition) is 3. The van der Waals surface area contributed by atoms with Crippen LogP contribution in [0.5, 0.6) is 0 Å². The summed E-state index contributed by atoms with van der Waals surface area (Å²) in [5, 5.41) is 18.8. The predicted octanol–water partition coefficient (Wildman–Crippen LogP) is -1.51. The van der Waals surface area contributed by atoms with Gasteiger partial charge in [0, 0.05) is 18.2 Å². The van der Waals surface area contributed by atoms with Gasteiger partial charge in [-0.1, -0.05) is 0 Å². The number of aromatic amines is 1. The average molecular weight is 242 g/mol. The van der Waals surface area contributed by atoms with E-state index < -0.39 is 29.7 Å². The van der Waals surface area contributed by atoms with Crippen LogP contribution in [0.3, 0.4) is 0 Å². The van der Waals surface area contributed by atoms with Gasteiger partial charge >= 0.3 is 5.69 Å². The van der Waals surface area contributed by atoms with Gasteiger partial charge in [0.15, 0.2) is 0 Å². The first-order valence-electron chi connectivity index (χ1n) is 5.29. The van der Waals surface area contributed by atoms with Crippen LogP contribution in [0.25, 0.3) is 0 Å². The minimum atomic E-state index is -0.939. The molecule has 7 heteroatoms. The molecule has 1 aromatic rings. The van der Waals surface area contributed by atoms with Crippen molar-refractivity contribution in [3.8, 4) is 0 Å². The van der Waals surface area contributed by atoms with Crippen molar-refractivity contribution < 1.29 is 14.9 Å². The molecule has 2 rings (SSSR count). The predicted molar refractivity (Wildman–Crippen MR) is 57.7 cm³/mol. The van der Waals surface area contributed by atoms with E-state index in [1.165, 1.54) is 10.8 Å². The second-order valence-electron chi connectivity index (χ2n) is 4.14. The molecule has 0 saturated carbocycles. The highest BCUT2D eigenvalue weighted by atomic mass is 16.5. The molecule has 0 radical (unpaired) electrons. The van der Waals surface area contributed by atoms with Gasteiger partial charge in [-0.05, 0) is 6.92 Å². The Morgan fingerprint density at radius 3 is 2.76 bits per heavy atom. The lowest BCUT2D eigenvalue weighted by Gasteiger charge is -2.31. The second-order valence-corrected chi connectivity index (χ2v) is 4.14. The molecule has 1 aliphatic rings. The highest BCUT2D eigenvalue weighted by molar-refractivity contribution is 5.01. The fourth-order valence-corrected chi connectivity index (χ4v) is 1.75. The zero-order valence-electron chi connectivity index (χ0n) is 9.29. The van der Waals surface area contributed by atoms with Gasteiger partial charge in [-0.3, -0.25) is 14.3 Å². The van der Waals surface area contributed by atoms with Crippen molar-refractivity contribution in [3.63, 3.8) is 0 Å². The van der Waals surface area contributed by atoms with Crippen molar-refractivity contribution in [1.82, 2.24) is 9.55 Å². The third-order valence-corrected chi connectivity index (χ3v) is 2.80. The number of H-pyrrole nitrogens is 1. The van der Waals surface area contributed by atoms with Crippen LogP contribution >= 0.6 is 0 Å². The number of aromatic nitrogens is 2. The Hall–Kier alpha value is -1.44. The average Bonchev–Trinajstić information content (AvgIpc) is 2.27. The summed E-state index contributed by atoms with van der Waals surface area (Å²) in [6.45, 7) is 1.53. The normalized spacial score (nSPS) is 29.2. The Labute approximate surface area is 96.3 Å². The van der Waals surface area contributed by atoms with Gasteiger partial charge in [-0.2, -0.15) is 0 Å². The Kier molecular flexibility index (Phi) is 3.14. The van der Waals surface area contributed by atoms with Crippen molar-refractivity contribution in [1.29, 1.82) is 0 Å². The lowest BCUT2D eigenvalue weighted by atomic mass is 10.1. The molecular formula is C10H14N2O5. The quantitative estimate of drug-likeness (QED) is 0.555. The number of ether oxygens (including phenoxy) is 1. The molecule has 17 heavy (non-hydrogen) atoms. The Balaban J connectivity index is 2.32. The van der Waals surface area contributed by atoms with Gasteiger partial charge in [-0.25, -0.2) is 4.79 Å². The summed E-state index contributed by atoms with van der Waals surface area (Å²) in [6, 6.07) is 0. The molecule has 3 atom stereocenters. The lowest BCUT2D eigenvalue weighted by molar-refractivity contribution is -0.146. The van der Waals surface area contributed by atoms with Crippen LogP contribution in [-0.4, -0.2) is 38.6 Å². The molecule has 2 heterocycles. The van der Waals surface area contributed by atoms with Crippen LogP contribution in [0.2, 0.25) is 0 Å². The van der Waals surface area contributed by atoms with Gasteiger partial charge in [0.05, 0.1) is 12.7 Å². The van der Waals surface area contributed by atoms with Gasteiger partial charge < -0.3 is 14.9 Å². The summed E-state index contributed by atoms with van der Waals surface area (Å²) >= 11 is 0. The molecular weight excluding hydrogens is 228 g/mol. The molecule has 3 N–H and O–H groups in total. The summed E-state index contributed by atoms with van der Waals surface area (Å²) < 4.78 is 6.47. The maximum Gasteiger partial charge on any atom is 0.330 e. The molecule has 94 valence electrons.